The molecule has 0 unspecified atom stereocenters. The van der Waals surface area contributed by atoms with E-state index in [2.05, 4.69) is 95.8 Å². The Morgan fingerprint density at radius 1 is 0.324 bits per heavy atom. The van der Waals surface area contributed by atoms with Gasteiger partial charge in [-0.2, -0.15) is 10.5 Å². The number of benzene rings is 6. The first-order chi connectivity index (χ1) is 35.8. The van der Waals surface area contributed by atoms with Crippen molar-refractivity contribution in [2.24, 2.45) is 0 Å². The van der Waals surface area contributed by atoms with Crippen LogP contribution in [0.2, 0.25) is 0 Å². The maximum absolute atomic E-state index is 11.2. The van der Waals surface area contributed by atoms with Gasteiger partial charge in [-0.1, -0.05) is 12.1 Å². The Bertz CT molecular complexity index is 4160. The van der Waals surface area contributed by atoms with E-state index in [9.17, 15) is 10.5 Å². The lowest BCUT2D eigenvalue weighted by atomic mass is 9.96. The van der Waals surface area contributed by atoms with E-state index < -0.39 is 0 Å². The summed E-state index contributed by atoms with van der Waals surface area (Å²) in [6.07, 6.45) is 0. The van der Waals surface area contributed by atoms with Crippen molar-refractivity contribution < 1.29 is 0 Å². The van der Waals surface area contributed by atoms with Gasteiger partial charge in [0.05, 0.1) is 56.7 Å². The van der Waals surface area contributed by atoms with E-state index in [-0.39, 0.29) is 0 Å². The van der Waals surface area contributed by atoms with E-state index in [0.717, 1.165) is 82.8 Å². The summed E-state index contributed by atoms with van der Waals surface area (Å²) in [7, 11) is 0. The third kappa shape index (κ3) is 7.78. The second-order valence-corrected chi connectivity index (χ2v) is 18.3. The molecule has 0 atom stereocenters. The third-order valence-electron chi connectivity index (χ3n) is 13.0. The fourth-order valence-corrected chi connectivity index (χ4v) is 10.1. The van der Waals surface area contributed by atoms with Gasteiger partial charge in [0.25, 0.3) is 0 Å². The first kappa shape index (κ1) is 45.1. The number of aromatic nitrogens is 14. The number of rotatable bonds is 7. The van der Waals surface area contributed by atoms with Crippen LogP contribution in [0.5, 0.6) is 0 Å². The molecule has 74 heavy (non-hydrogen) atoms. The summed E-state index contributed by atoms with van der Waals surface area (Å²) in [5.74, 6) is 7.20. The van der Waals surface area contributed by atoms with Gasteiger partial charge in [0.2, 0.25) is 0 Å². The van der Waals surface area contributed by atoms with E-state index in [0.29, 0.717) is 86.6 Å². The Morgan fingerprint density at radius 3 is 0.959 bits per heavy atom. The molecule has 16 heteroatoms. The van der Waals surface area contributed by atoms with Crippen molar-refractivity contribution in [3.63, 3.8) is 0 Å². The molecule has 0 bridgehead atoms. The van der Waals surface area contributed by atoms with Crippen LogP contribution < -0.4 is 0 Å². The molecule has 0 spiro atoms. The molecule has 12 rings (SSSR count). The monoisotopic (exact) mass is 962 g/mol. The Labute approximate surface area is 423 Å². The van der Waals surface area contributed by atoms with Gasteiger partial charge < -0.3 is 9.13 Å². The number of nitriles is 2. The molecule has 12 aromatic rings. The van der Waals surface area contributed by atoms with Gasteiger partial charge in [-0.05, 0) is 158 Å². The minimum absolute atomic E-state index is 0.417. The van der Waals surface area contributed by atoms with E-state index in [1.165, 1.54) is 0 Å². The van der Waals surface area contributed by atoms with Gasteiger partial charge in [0, 0.05) is 49.4 Å². The van der Waals surface area contributed by atoms with Crippen LogP contribution in [-0.2, 0) is 0 Å². The smallest absolute Gasteiger partial charge is 0.163 e. The predicted octanol–water partition coefficient (Wildman–Crippen LogP) is 11.2. The zero-order valence-corrected chi connectivity index (χ0v) is 41.5. The van der Waals surface area contributed by atoms with Crippen LogP contribution in [0, 0.1) is 78.1 Å². The van der Waals surface area contributed by atoms with Gasteiger partial charge in [-0.25, -0.2) is 59.8 Å². The van der Waals surface area contributed by atoms with Crippen molar-refractivity contribution in [3.05, 3.63) is 167 Å². The van der Waals surface area contributed by atoms with Gasteiger partial charge in [0.1, 0.15) is 46.6 Å². The van der Waals surface area contributed by atoms with Crippen molar-refractivity contribution >= 4 is 43.6 Å². The predicted molar refractivity (Wildman–Crippen MR) is 283 cm³/mol. The maximum atomic E-state index is 11.2. The number of nitrogens with zero attached hydrogens (tertiary/aromatic N) is 16. The maximum Gasteiger partial charge on any atom is 0.163 e. The number of fused-ring (bicyclic) bond motifs is 6. The molecule has 6 aromatic carbocycles. The number of hydrogen-bond acceptors (Lipinski definition) is 14. The summed E-state index contributed by atoms with van der Waals surface area (Å²) >= 11 is 0. The van der Waals surface area contributed by atoms with E-state index in [1.54, 1.807) is 6.07 Å². The summed E-state index contributed by atoms with van der Waals surface area (Å²) in [6.45, 7) is 14.9. The Balaban J connectivity index is 1.21. The molecule has 0 radical (unpaired) electrons. The van der Waals surface area contributed by atoms with Crippen LogP contribution in [0.4, 0.5) is 0 Å². The molecule has 16 nitrogen and oxygen atoms in total. The Kier molecular flexibility index (Phi) is 10.6. The molecule has 0 saturated carbocycles. The Morgan fingerprint density at radius 2 is 0.649 bits per heavy atom. The molecule has 0 aliphatic rings. The highest BCUT2D eigenvalue weighted by molar-refractivity contribution is 6.14. The minimum Gasteiger partial charge on any atom is -0.307 e. The zero-order valence-electron chi connectivity index (χ0n) is 41.5. The largest absolute Gasteiger partial charge is 0.307 e. The summed E-state index contributed by atoms with van der Waals surface area (Å²) < 4.78 is 4.46. The zero-order chi connectivity index (χ0) is 51.1. The molecule has 6 heterocycles. The van der Waals surface area contributed by atoms with E-state index >= 15 is 0 Å². The first-order valence-corrected chi connectivity index (χ1v) is 23.8. The molecular weight excluding hydrogens is 921 g/mol. The summed E-state index contributed by atoms with van der Waals surface area (Å²) in [6, 6.07) is 41.1. The molecule has 0 fully saturated rings. The van der Waals surface area contributed by atoms with Crippen LogP contribution in [-0.4, -0.2) is 68.9 Å². The highest BCUT2D eigenvalue weighted by Crippen LogP contribution is 2.43. The van der Waals surface area contributed by atoms with Crippen LogP contribution in [0.25, 0.3) is 112 Å². The van der Waals surface area contributed by atoms with Gasteiger partial charge >= 0.3 is 0 Å². The van der Waals surface area contributed by atoms with Crippen molar-refractivity contribution in [1.82, 2.24) is 68.9 Å². The fourth-order valence-electron chi connectivity index (χ4n) is 10.1. The van der Waals surface area contributed by atoms with Crippen molar-refractivity contribution in [2.45, 2.75) is 55.4 Å². The van der Waals surface area contributed by atoms with Crippen molar-refractivity contribution in [1.29, 1.82) is 10.5 Å². The average Bonchev–Trinajstić information content (AvgIpc) is 3.88. The molecule has 0 aliphatic carbocycles. The van der Waals surface area contributed by atoms with Gasteiger partial charge in [0.15, 0.2) is 23.3 Å². The standard InChI is InChI=1S/C58H42N16/c1-29-61-30(2)66-55(65-29)39-12-16-49-45(21-39)46-22-40(56-67-31(3)62-32(4)68-56)13-17-50(46)73(49)53-25-43(28-60)44(38-11-9-10-37(20-38)27-59)26-54(53)74-51-18-14-41(57-69-33(5)63-34(6)70-57)23-47(51)48-24-42(15-19-52(48)74)58-71-35(7)64-36(8)72-58/h9-26H,1-8H3. The SMILES string of the molecule is Cc1nc(C)nc(-c2ccc3c(c2)c2cc(-c4nc(C)nc(C)n4)ccc2n3-c2cc(C#N)c(-c3cccc(C#N)c3)cc2-n2c3ccc(-c4nc(C)nc(C)n4)cc3c3cc(-c4nc(C)nc(C)n4)ccc32)n1. The molecular formula is C58H42N16. The Hall–Kier alpha value is -10.1. The summed E-state index contributed by atoms with van der Waals surface area (Å²) in [5, 5.41) is 24.9. The second-order valence-electron chi connectivity index (χ2n) is 18.3. The van der Waals surface area contributed by atoms with E-state index in [4.69, 9.17) is 39.9 Å². The lowest BCUT2D eigenvalue weighted by Gasteiger charge is -2.20. The molecule has 0 N–H and O–H groups in total. The minimum atomic E-state index is 0.417. The highest BCUT2D eigenvalue weighted by atomic mass is 15.1. The lowest BCUT2D eigenvalue weighted by molar-refractivity contribution is 0.928. The normalized spacial score (nSPS) is 11.5. The summed E-state index contributed by atoms with van der Waals surface area (Å²) in [4.78, 5) is 55.9. The molecule has 0 saturated heterocycles. The van der Waals surface area contributed by atoms with Gasteiger partial charge in [-0.15, -0.1) is 0 Å². The van der Waals surface area contributed by atoms with Crippen LogP contribution in [0.1, 0.15) is 57.7 Å². The van der Waals surface area contributed by atoms with Crippen LogP contribution >= 0.6 is 0 Å². The van der Waals surface area contributed by atoms with Crippen molar-refractivity contribution in [3.8, 4) is 80.2 Å². The van der Waals surface area contributed by atoms with Crippen LogP contribution in [0.15, 0.2) is 109 Å². The molecule has 6 aromatic heterocycles. The lowest BCUT2D eigenvalue weighted by Crippen LogP contribution is -2.06. The highest BCUT2D eigenvalue weighted by Gasteiger charge is 2.25. The molecule has 0 amide bonds. The number of hydrogen-bond donors (Lipinski definition) is 0. The van der Waals surface area contributed by atoms with Crippen LogP contribution in [0.3, 0.4) is 0 Å². The third-order valence-corrected chi connectivity index (χ3v) is 13.0. The van der Waals surface area contributed by atoms with Crippen molar-refractivity contribution in [2.75, 3.05) is 0 Å². The first-order valence-electron chi connectivity index (χ1n) is 23.8. The molecule has 354 valence electrons. The summed E-state index contributed by atoms with van der Waals surface area (Å²) in [5.41, 5.74) is 10.5. The molecule has 0 aliphatic heterocycles. The van der Waals surface area contributed by atoms with E-state index in [1.807, 2.05) is 104 Å². The quantitative estimate of drug-likeness (QED) is 0.145. The number of aryl methyl sites for hydroxylation is 8. The second kappa shape index (κ2) is 17.4. The fraction of sp³-hybridized carbons (Fsp3) is 0.138. The average molecular weight is 963 g/mol. The van der Waals surface area contributed by atoms with Gasteiger partial charge in [-0.3, -0.25) is 0 Å². The topological polar surface area (TPSA) is 212 Å².